The fourth-order valence-electron chi connectivity index (χ4n) is 4.55. The lowest BCUT2D eigenvalue weighted by molar-refractivity contribution is -0.140. The number of nitrogens with zero attached hydrogens (tertiary/aromatic N) is 2. The molecule has 4 rings (SSSR count). The van der Waals surface area contributed by atoms with Crippen LogP contribution in [0.2, 0.25) is 0 Å². The molecule has 2 aromatic rings. The molecule has 0 bridgehead atoms. The van der Waals surface area contributed by atoms with E-state index in [0.717, 1.165) is 35.6 Å². The van der Waals surface area contributed by atoms with E-state index in [0.29, 0.717) is 0 Å². The van der Waals surface area contributed by atoms with E-state index in [1.165, 1.54) is 17.0 Å². The van der Waals surface area contributed by atoms with Crippen molar-refractivity contribution < 1.29 is 22.8 Å². The highest BCUT2D eigenvalue weighted by Crippen LogP contribution is 2.30. The number of amides is 3. The van der Waals surface area contributed by atoms with Gasteiger partial charge >= 0.3 is 0 Å². The molecule has 1 atom stereocenters. The summed E-state index contributed by atoms with van der Waals surface area (Å²) >= 11 is 0. The molecular weight excluding hydrogens is 454 g/mol. The Morgan fingerprint density at radius 2 is 1.71 bits per heavy atom. The Kier molecular flexibility index (Phi) is 7.02. The summed E-state index contributed by atoms with van der Waals surface area (Å²) in [4.78, 5) is 40.3. The molecule has 1 aliphatic carbocycles. The van der Waals surface area contributed by atoms with Crippen molar-refractivity contribution in [2.45, 2.75) is 62.6 Å². The Bertz CT molecular complexity index is 1180. The standard InChI is InChI=1S/C25H29N3O5S/c1-18(24(30)26-20-11-5-6-12-20)27(17-19-9-3-2-4-10-19)23(29)15-16-28-25(31)21-13-7-8-14-22(21)34(28,32)33/h2-4,7-10,13-14,18,20H,5-6,11-12,15-17H2,1H3,(H,26,30)/t18-/m0/s1. The highest BCUT2D eigenvalue weighted by Gasteiger charge is 2.41. The summed E-state index contributed by atoms with van der Waals surface area (Å²) in [5, 5.41) is 3.04. The first kappa shape index (κ1) is 23.9. The number of benzene rings is 2. The minimum Gasteiger partial charge on any atom is -0.352 e. The van der Waals surface area contributed by atoms with Gasteiger partial charge in [-0.15, -0.1) is 0 Å². The molecule has 180 valence electrons. The Balaban J connectivity index is 1.49. The zero-order valence-corrected chi connectivity index (χ0v) is 20.0. The minimum absolute atomic E-state index is 0.0436. The summed E-state index contributed by atoms with van der Waals surface area (Å²) < 4.78 is 26.4. The first-order valence-electron chi connectivity index (χ1n) is 11.6. The van der Waals surface area contributed by atoms with E-state index >= 15 is 0 Å². The second kappa shape index (κ2) is 9.97. The second-order valence-corrected chi connectivity index (χ2v) is 10.6. The lowest BCUT2D eigenvalue weighted by atomic mass is 10.1. The smallest absolute Gasteiger partial charge is 0.269 e. The number of sulfonamides is 1. The molecule has 1 N–H and O–H groups in total. The van der Waals surface area contributed by atoms with Crippen LogP contribution in [0.4, 0.5) is 0 Å². The van der Waals surface area contributed by atoms with Crippen molar-refractivity contribution in [1.82, 2.24) is 14.5 Å². The summed E-state index contributed by atoms with van der Waals surface area (Å²) in [7, 11) is -3.99. The number of hydrogen-bond acceptors (Lipinski definition) is 5. The highest BCUT2D eigenvalue weighted by atomic mass is 32.2. The van der Waals surface area contributed by atoms with Gasteiger partial charge in [0.15, 0.2) is 0 Å². The number of rotatable bonds is 8. The molecule has 0 saturated heterocycles. The molecule has 0 radical (unpaired) electrons. The fourth-order valence-corrected chi connectivity index (χ4v) is 6.12. The van der Waals surface area contributed by atoms with Gasteiger partial charge in [-0.2, -0.15) is 0 Å². The van der Waals surface area contributed by atoms with Crippen molar-refractivity contribution in [3.05, 3.63) is 65.7 Å². The number of fused-ring (bicyclic) bond motifs is 1. The summed E-state index contributed by atoms with van der Waals surface area (Å²) in [5.41, 5.74) is 0.967. The minimum atomic E-state index is -3.99. The summed E-state index contributed by atoms with van der Waals surface area (Å²) in [6.07, 6.45) is 3.80. The third-order valence-electron chi connectivity index (χ3n) is 6.51. The van der Waals surface area contributed by atoms with E-state index in [2.05, 4.69) is 5.32 Å². The van der Waals surface area contributed by atoms with Gasteiger partial charge in [-0.05, 0) is 37.5 Å². The van der Waals surface area contributed by atoms with Gasteiger partial charge < -0.3 is 10.2 Å². The molecule has 2 aliphatic rings. The average molecular weight is 484 g/mol. The third-order valence-corrected chi connectivity index (χ3v) is 8.35. The van der Waals surface area contributed by atoms with Crippen LogP contribution >= 0.6 is 0 Å². The highest BCUT2D eigenvalue weighted by molar-refractivity contribution is 7.90. The van der Waals surface area contributed by atoms with Gasteiger partial charge in [0.25, 0.3) is 15.9 Å². The van der Waals surface area contributed by atoms with Gasteiger partial charge in [0.05, 0.1) is 5.56 Å². The molecule has 1 aliphatic heterocycles. The van der Waals surface area contributed by atoms with Crippen molar-refractivity contribution >= 4 is 27.7 Å². The maximum Gasteiger partial charge on any atom is 0.269 e. The van der Waals surface area contributed by atoms with Crippen molar-refractivity contribution in [1.29, 1.82) is 0 Å². The maximum absolute atomic E-state index is 13.3. The Hall–Kier alpha value is -3.20. The normalized spacial score (nSPS) is 17.9. The Labute approximate surface area is 200 Å². The van der Waals surface area contributed by atoms with Crippen LogP contribution in [0.5, 0.6) is 0 Å². The number of hydrogen-bond donors (Lipinski definition) is 1. The van der Waals surface area contributed by atoms with Crippen molar-refractivity contribution in [2.75, 3.05) is 6.54 Å². The van der Waals surface area contributed by atoms with Crippen LogP contribution in [-0.4, -0.2) is 54.0 Å². The van der Waals surface area contributed by atoms with Crippen LogP contribution in [0.15, 0.2) is 59.5 Å². The topological polar surface area (TPSA) is 104 Å². The van der Waals surface area contributed by atoms with Crippen LogP contribution in [0.3, 0.4) is 0 Å². The molecule has 0 spiro atoms. The molecular formula is C25H29N3O5S. The lowest BCUT2D eigenvalue weighted by Gasteiger charge is -2.30. The zero-order valence-electron chi connectivity index (χ0n) is 19.1. The van der Waals surface area contributed by atoms with Gasteiger partial charge in [0, 0.05) is 25.6 Å². The molecule has 1 fully saturated rings. The monoisotopic (exact) mass is 483 g/mol. The SMILES string of the molecule is C[C@@H](C(=O)NC1CCCC1)N(Cc1ccccc1)C(=O)CCN1C(=O)c2ccccc2S1(=O)=O. The van der Waals surface area contributed by atoms with Crippen LogP contribution < -0.4 is 5.32 Å². The number of carbonyl (C=O) groups excluding carboxylic acids is 3. The maximum atomic E-state index is 13.3. The Morgan fingerprint density at radius 3 is 2.38 bits per heavy atom. The first-order chi connectivity index (χ1) is 16.3. The largest absolute Gasteiger partial charge is 0.352 e. The van der Waals surface area contributed by atoms with E-state index in [9.17, 15) is 22.8 Å². The number of carbonyl (C=O) groups is 3. The second-order valence-electron chi connectivity index (χ2n) is 8.80. The molecule has 0 aromatic heterocycles. The van der Waals surface area contributed by atoms with Crippen LogP contribution in [0, 0.1) is 0 Å². The molecule has 8 nitrogen and oxygen atoms in total. The van der Waals surface area contributed by atoms with E-state index in [4.69, 9.17) is 0 Å². The molecule has 34 heavy (non-hydrogen) atoms. The molecule has 0 unspecified atom stereocenters. The molecule has 2 aromatic carbocycles. The third kappa shape index (κ3) is 4.84. The summed E-state index contributed by atoms with van der Waals surface area (Å²) in [6, 6.07) is 14.7. The van der Waals surface area contributed by atoms with E-state index in [-0.39, 0.29) is 41.9 Å². The molecule has 9 heteroatoms. The quantitative estimate of drug-likeness (QED) is 0.622. The van der Waals surface area contributed by atoms with E-state index in [1.807, 2.05) is 30.3 Å². The first-order valence-corrected chi connectivity index (χ1v) is 13.0. The van der Waals surface area contributed by atoms with Crippen LogP contribution in [-0.2, 0) is 26.2 Å². The van der Waals surface area contributed by atoms with Crippen molar-refractivity contribution in [2.24, 2.45) is 0 Å². The van der Waals surface area contributed by atoms with Crippen molar-refractivity contribution in [3.8, 4) is 0 Å². The summed E-state index contributed by atoms with van der Waals surface area (Å²) in [6.45, 7) is 1.61. The van der Waals surface area contributed by atoms with Crippen LogP contribution in [0.25, 0.3) is 0 Å². The zero-order chi connectivity index (χ0) is 24.3. The average Bonchev–Trinajstić information content (AvgIpc) is 3.41. The lowest BCUT2D eigenvalue weighted by Crippen LogP contribution is -2.50. The van der Waals surface area contributed by atoms with E-state index < -0.39 is 27.9 Å². The van der Waals surface area contributed by atoms with Gasteiger partial charge in [0.2, 0.25) is 11.8 Å². The van der Waals surface area contributed by atoms with E-state index in [1.54, 1.807) is 19.1 Å². The molecule has 1 heterocycles. The van der Waals surface area contributed by atoms with Gasteiger partial charge in [0.1, 0.15) is 10.9 Å². The Morgan fingerprint density at radius 1 is 1.06 bits per heavy atom. The predicted octanol–water partition coefficient (Wildman–Crippen LogP) is 2.70. The van der Waals surface area contributed by atoms with Gasteiger partial charge in [-0.3, -0.25) is 14.4 Å². The van der Waals surface area contributed by atoms with Gasteiger partial charge in [-0.1, -0.05) is 55.3 Å². The molecule has 1 saturated carbocycles. The predicted molar refractivity (Wildman–Crippen MR) is 126 cm³/mol. The fraction of sp³-hybridized carbons (Fsp3) is 0.400. The summed E-state index contributed by atoms with van der Waals surface area (Å²) in [5.74, 6) is -1.25. The number of nitrogens with one attached hydrogen (secondary N) is 1. The van der Waals surface area contributed by atoms with Crippen molar-refractivity contribution in [3.63, 3.8) is 0 Å². The molecule has 3 amide bonds. The van der Waals surface area contributed by atoms with Gasteiger partial charge in [-0.25, -0.2) is 12.7 Å². The van der Waals surface area contributed by atoms with Crippen LogP contribution in [0.1, 0.15) is 54.9 Å².